The zero-order valence-electron chi connectivity index (χ0n) is 41.2. The van der Waals surface area contributed by atoms with Gasteiger partial charge in [0.1, 0.15) is 0 Å². The summed E-state index contributed by atoms with van der Waals surface area (Å²) >= 11 is 0. The molecule has 3 aromatic carbocycles. The number of esters is 1. The average molecular weight is 905 g/mol. The monoisotopic (exact) mass is 905 g/mol. The van der Waals surface area contributed by atoms with E-state index in [1.165, 1.54) is 10.4 Å². The van der Waals surface area contributed by atoms with Gasteiger partial charge < -0.3 is 27.5 Å². The molecule has 0 aliphatic carbocycles. The first-order valence-corrected chi connectivity index (χ1v) is 31.1. The van der Waals surface area contributed by atoms with Gasteiger partial charge in [-0.1, -0.05) is 167 Å². The van der Waals surface area contributed by atoms with Crippen molar-refractivity contribution in [3.05, 3.63) is 96.6 Å². The molecule has 1 fully saturated rings. The van der Waals surface area contributed by atoms with Crippen LogP contribution in [0.5, 0.6) is 0 Å². The fourth-order valence-corrected chi connectivity index (χ4v) is 18.1. The Morgan fingerprint density at radius 1 is 0.742 bits per heavy atom. The van der Waals surface area contributed by atoms with Gasteiger partial charge in [0.15, 0.2) is 16.6 Å². The Kier molecular flexibility index (Phi) is 19.1. The summed E-state index contributed by atoms with van der Waals surface area (Å²) in [6, 6.07) is 35.2. The van der Waals surface area contributed by atoms with E-state index >= 15 is 0 Å². The Morgan fingerprint density at radius 2 is 1.27 bits per heavy atom. The standard InChI is InChI=1S/C52H84O7Si3/c1-15-55-49(53)39-44(57-61(16-2,17-3)18-4)38-47-52(11,12)48(59-60(13,14)50(5,6)7)37-43(56-47)36-42(34-35-54-40-41-28-22-19-23-29-41)58-62(51(8,9)10,45-30-24-20-25-31-45)46-32-26-21-27-33-46/h19-33,42-44,47-48H,15-18,34-40H2,1-14H3/t42-,43+,44+,47-,48-/m0/s1. The normalized spacial score (nSPS) is 19.8. The first kappa shape index (κ1) is 52.2. The SMILES string of the molecule is CCOC(=O)C[C@@H](C[C@@H]1O[C@H](C[C@H](CCOCc2ccccc2)O[Si](c2ccccc2)(c2ccccc2)C(C)(C)C)C[C@H](O[Si](C)(C)C(C)(C)C)C1(C)C)O[Si](CC)(CC)CC. The zero-order chi connectivity index (χ0) is 45.8. The van der Waals surface area contributed by atoms with E-state index in [2.05, 4.69) is 174 Å². The van der Waals surface area contributed by atoms with Gasteiger partial charge in [-0.25, -0.2) is 0 Å². The number of rotatable bonds is 23. The summed E-state index contributed by atoms with van der Waals surface area (Å²) in [5.74, 6) is -0.211. The number of hydrogen-bond acceptors (Lipinski definition) is 7. The molecule has 0 radical (unpaired) electrons. The lowest BCUT2D eigenvalue weighted by molar-refractivity contribution is -0.185. The summed E-state index contributed by atoms with van der Waals surface area (Å²) in [5.41, 5.74) is 0.800. The molecule has 0 saturated carbocycles. The molecule has 0 unspecified atom stereocenters. The minimum Gasteiger partial charge on any atom is -0.466 e. The number of carbonyl (C=O) groups is 1. The highest BCUT2D eigenvalue weighted by Crippen LogP contribution is 2.47. The van der Waals surface area contributed by atoms with E-state index in [0.29, 0.717) is 39.1 Å². The quantitative estimate of drug-likeness (QED) is 0.0533. The second-order valence-corrected chi connectivity index (χ2v) is 34.6. The van der Waals surface area contributed by atoms with Crippen LogP contribution in [0.1, 0.15) is 121 Å². The van der Waals surface area contributed by atoms with Crippen molar-refractivity contribution in [3.8, 4) is 0 Å². The lowest BCUT2D eigenvalue weighted by Gasteiger charge is -2.53. The molecule has 0 aromatic heterocycles. The molecule has 346 valence electrons. The fourth-order valence-electron chi connectivity index (χ4n) is 9.07. The van der Waals surface area contributed by atoms with Gasteiger partial charge in [0, 0.05) is 12.0 Å². The Labute approximate surface area is 380 Å². The number of carbonyl (C=O) groups excluding carboxylic acids is 1. The minimum atomic E-state index is -2.94. The van der Waals surface area contributed by atoms with Crippen LogP contribution in [-0.2, 0) is 38.9 Å². The van der Waals surface area contributed by atoms with Crippen LogP contribution in [0.2, 0.25) is 41.3 Å². The molecule has 0 spiro atoms. The van der Waals surface area contributed by atoms with Gasteiger partial charge in [-0.2, -0.15) is 0 Å². The third-order valence-electron chi connectivity index (χ3n) is 14.2. The van der Waals surface area contributed by atoms with Crippen LogP contribution in [0.25, 0.3) is 0 Å². The Morgan fingerprint density at radius 3 is 1.76 bits per heavy atom. The molecule has 62 heavy (non-hydrogen) atoms. The lowest BCUT2D eigenvalue weighted by atomic mass is 9.73. The summed E-state index contributed by atoms with van der Waals surface area (Å²) in [6.07, 6.45) is 2.02. The molecule has 7 nitrogen and oxygen atoms in total. The molecule has 0 bridgehead atoms. The summed E-state index contributed by atoms with van der Waals surface area (Å²) in [7, 11) is -7.26. The van der Waals surface area contributed by atoms with E-state index in [0.717, 1.165) is 30.1 Å². The molecule has 1 aliphatic rings. The topological polar surface area (TPSA) is 72.5 Å². The predicted molar refractivity (Wildman–Crippen MR) is 265 cm³/mol. The van der Waals surface area contributed by atoms with Crippen LogP contribution < -0.4 is 10.4 Å². The molecular formula is C52H84O7Si3. The molecule has 1 heterocycles. The Bertz CT molecular complexity index is 1710. The van der Waals surface area contributed by atoms with Crippen molar-refractivity contribution in [2.24, 2.45) is 5.41 Å². The van der Waals surface area contributed by atoms with E-state index in [1.54, 1.807) is 0 Å². The summed E-state index contributed by atoms with van der Waals surface area (Å²) in [5, 5.41) is 2.34. The van der Waals surface area contributed by atoms with Crippen molar-refractivity contribution in [3.63, 3.8) is 0 Å². The van der Waals surface area contributed by atoms with Crippen LogP contribution in [0.3, 0.4) is 0 Å². The van der Waals surface area contributed by atoms with Gasteiger partial charge in [0.2, 0.25) is 0 Å². The van der Waals surface area contributed by atoms with E-state index in [1.807, 2.05) is 13.0 Å². The molecule has 1 aliphatic heterocycles. The summed E-state index contributed by atoms with van der Waals surface area (Å²) in [6.45, 7) is 33.4. The highest BCUT2D eigenvalue weighted by atomic mass is 28.4. The van der Waals surface area contributed by atoms with Crippen molar-refractivity contribution in [2.45, 2.75) is 194 Å². The largest absolute Gasteiger partial charge is 0.466 e. The fraction of sp³-hybridized carbons (Fsp3) is 0.635. The lowest BCUT2D eigenvalue weighted by Crippen LogP contribution is -2.68. The van der Waals surface area contributed by atoms with E-state index in [9.17, 15) is 4.79 Å². The minimum absolute atomic E-state index is 0.0293. The highest BCUT2D eigenvalue weighted by molar-refractivity contribution is 6.99. The number of hydrogen-bond donors (Lipinski definition) is 0. The van der Waals surface area contributed by atoms with Gasteiger partial charge in [0.05, 0.1) is 50.2 Å². The van der Waals surface area contributed by atoms with Gasteiger partial charge in [-0.3, -0.25) is 4.79 Å². The molecule has 10 heteroatoms. The smallest absolute Gasteiger partial charge is 0.308 e. The Hall–Kier alpha value is -2.42. The maximum absolute atomic E-state index is 13.3. The molecule has 3 aromatic rings. The number of benzene rings is 3. The van der Waals surface area contributed by atoms with Gasteiger partial charge in [-0.15, -0.1) is 0 Å². The van der Waals surface area contributed by atoms with Crippen LogP contribution in [0.15, 0.2) is 91.0 Å². The first-order valence-electron chi connectivity index (χ1n) is 23.7. The molecular weight excluding hydrogens is 821 g/mol. The van der Waals surface area contributed by atoms with Crippen molar-refractivity contribution in [2.75, 3.05) is 13.2 Å². The van der Waals surface area contributed by atoms with Gasteiger partial charge in [0.25, 0.3) is 8.32 Å². The van der Waals surface area contributed by atoms with E-state index < -0.39 is 25.0 Å². The van der Waals surface area contributed by atoms with Crippen LogP contribution in [-0.4, -0.2) is 74.7 Å². The van der Waals surface area contributed by atoms with Gasteiger partial charge in [-0.05, 0) is 89.8 Å². The Balaban J connectivity index is 1.81. The van der Waals surface area contributed by atoms with Crippen LogP contribution >= 0.6 is 0 Å². The zero-order valence-corrected chi connectivity index (χ0v) is 44.2. The molecule has 0 amide bonds. The maximum Gasteiger partial charge on any atom is 0.308 e. The molecule has 0 N–H and O–H groups in total. The molecule has 4 rings (SSSR count). The third kappa shape index (κ3) is 13.3. The highest BCUT2D eigenvalue weighted by Gasteiger charge is 2.54. The molecule has 1 saturated heterocycles. The third-order valence-corrected chi connectivity index (χ3v) is 28.5. The van der Waals surface area contributed by atoms with E-state index in [-0.39, 0.29) is 58.4 Å². The second kappa shape index (κ2) is 22.7. The predicted octanol–water partition coefficient (Wildman–Crippen LogP) is 12.2. The van der Waals surface area contributed by atoms with Crippen molar-refractivity contribution < 1.29 is 32.3 Å². The van der Waals surface area contributed by atoms with Crippen molar-refractivity contribution >= 4 is 41.3 Å². The summed E-state index contributed by atoms with van der Waals surface area (Å²) < 4.78 is 42.1. The summed E-state index contributed by atoms with van der Waals surface area (Å²) in [4.78, 5) is 13.3. The van der Waals surface area contributed by atoms with Gasteiger partial charge >= 0.3 is 5.97 Å². The van der Waals surface area contributed by atoms with Crippen molar-refractivity contribution in [1.29, 1.82) is 0 Å². The van der Waals surface area contributed by atoms with Crippen molar-refractivity contribution in [1.82, 2.24) is 0 Å². The van der Waals surface area contributed by atoms with E-state index in [4.69, 9.17) is 27.5 Å². The second-order valence-electron chi connectivity index (χ2n) is 20.9. The number of ether oxygens (including phenoxy) is 3. The maximum atomic E-state index is 13.3. The first-order chi connectivity index (χ1) is 29.2. The van der Waals surface area contributed by atoms with Crippen LogP contribution in [0.4, 0.5) is 0 Å². The molecule has 5 atom stereocenters. The van der Waals surface area contributed by atoms with Crippen LogP contribution in [0, 0.1) is 5.41 Å². The average Bonchev–Trinajstić information content (AvgIpc) is 3.22.